The molecule has 55 heavy (non-hydrogen) atoms. The van der Waals surface area contributed by atoms with Crippen LogP contribution in [0.25, 0.3) is 0 Å². The number of hydrogen-bond donors (Lipinski definition) is 12. The predicted molar refractivity (Wildman–Crippen MR) is 207 cm³/mol. The van der Waals surface area contributed by atoms with Crippen molar-refractivity contribution in [3.8, 4) is 0 Å². The van der Waals surface area contributed by atoms with Gasteiger partial charge in [0.15, 0.2) is 5.96 Å². The lowest BCUT2D eigenvalue weighted by Crippen LogP contribution is -2.60. The van der Waals surface area contributed by atoms with Crippen LogP contribution >= 0.6 is 12.6 Å². The standard InChI is InChI=1S/C36H49N11O7S/c1-21(37)30(48)44-28(17-24-18-40-20-42-24)34(52)46-26(15-22-9-4-2-5-10-22)32(50)43-25(13-8-14-41-36(38)39)31(49)45-27(16-23-11-6-3-7-12-23)33(51)47-29(19-55)35(53)54/h2-7,9-12,18,20-21,25-29,55H,8,13-17,19,37H2,1H3,(H,40,42)(H,43,50)(H,44,48)(H,45,49)(H,46,52)(H,47,51)(H,53,54)(H4,38,39,41)/t21-,25+,26-,27+,28+,29+/m1/s1. The van der Waals surface area contributed by atoms with Crippen LogP contribution in [-0.2, 0) is 48.0 Å². The molecule has 13 N–H and O–H groups in total. The molecular formula is C36H49N11O7S. The molecule has 0 aliphatic carbocycles. The topological polar surface area (TPSA) is 299 Å². The molecule has 0 aliphatic heterocycles. The van der Waals surface area contributed by atoms with E-state index in [-0.39, 0.29) is 50.4 Å². The van der Waals surface area contributed by atoms with Gasteiger partial charge in [0, 0.05) is 37.8 Å². The van der Waals surface area contributed by atoms with Crippen LogP contribution in [-0.4, -0.2) is 105 Å². The average molecular weight is 780 g/mol. The molecule has 1 heterocycles. The number of thiol groups is 1. The number of carboxylic acids is 1. The molecule has 0 unspecified atom stereocenters. The van der Waals surface area contributed by atoms with E-state index in [9.17, 15) is 33.9 Å². The fourth-order valence-corrected chi connectivity index (χ4v) is 5.56. The highest BCUT2D eigenvalue weighted by molar-refractivity contribution is 7.80. The first-order valence-electron chi connectivity index (χ1n) is 17.5. The van der Waals surface area contributed by atoms with Gasteiger partial charge in [0.25, 0.3) is 0 Å². The third kappa shape index (κ3) is 15.1. The highest BCUT2D eigenvalue weighted by Gasteiger charge is 2.33. The molecule has 1 aromatic heterocycles. The molecule has 0 bridgehead atoms. The highest BCUT2D eigenvalue weighted by atomic mass is 32.1. The van der Waals surface area contributed by atoms with Gasteiger partial charge < -0.3 is 53.5 Å². The Morgan fingerprint density at radius 2 is 1.20 bits per heavy atom. The number of carbonyl (C=O) groups excluding carboxylic acids is 5. The van der Waals surface area contributed by atoms with E-state index in [2.05, 4.69) is 54.5 Å². The number of aliphatic carboxylic acids is 1. The van der Waals surface area contributed by atoms with Gasteiger partial charge in [-0.25, -0.2) is 9.78 Å². The van der Waals surface area contributed by atoms with Crippen LogP contribution in [0.3, 0.4) is 0 Å². The van der Waals surface area contributed by atoms with Gasteiger partial charge in [0.05, 0.1) is 18.1 Å². The first-order chi connectivity index (χ1) is 26.3. The van der Waals surface area contributed by atoms with E-state index in [1.165, 1.54) is 13.3 Å². The molecule has 3 rings (SSSR count). The van der Waals surface area contributed by atoms with Crippen molar-refractivity contribution in [2.75, 3.05) is 12.3 Å². The maximum Gasteiger partial charge on any atom is 0.327 e. The maximum absolute atomic E-state index is 14.1. The van der Waals surface area contributed by atoms with Gasteiger partial charge in [-0.15, -0.1) is 0 Å². The van der Waals surface area contributed by atoms with Crippen LogP contribution in [0.4, 0.5) is 0 Å². The maximum atomic E-state index is 14.1. The van der Waals surface area contributed by atoms with Crippen molar-refractivity contribution in [3.63, 3.8) is 0 Å². The third-order valence-electron chi connectivity index (χ3n) is 8.26. The number of carbonyl (C=O) groups is 6. The molecule has 3 aromatic rings. The number of carboxylic acid groups (broad SMARTS) is 1. The van der Waals surface area contributed by atoms with Crippen molar-refractivity contribution in [1.82, 2.24) is 41.9 Å². The molecule has 0 saturated carbocycles. The number of guanidine groups is 1. The van der Waals surface area contributed by atoms with E-state index >= 15 is 0 Å². The van der Waals surface area contributed by atoms with Gasteiger partial charge in [-0.3, -0.25) is 29.4 Å². The van der Waals surface area contributed by atoms with Crippen LogP contribution in [0.2, 0.25) is 0 Å². The largest absolute Gasteiger partial charge is 0.480 e. The second kappa shape index (κ2) is 22.3. The molecule has 0 aliphatic rings. The number of amides is 5. The SMILES string of the molecule is C[C@@H](N)C(=O)N[C@@H](Cc1c[nH]cn1)C(=O)N[C@H](Cc1ccccc1)C(=O)N[C@@H](CCCNC(=N)N)C(=O)N[C@@H](Cc1ccccc1)C(=O)N[C@@H](CS)C(=O)O. The van der Waals surface area contributed by atoms with Gasteiger partial charge in [-0.1, -0.05) is 60.7 Å². The van der Waals surface area contributed by atoms with Crippen LogP contribution in [0, 0.1) is 5.41 Å². The lowest BCUT2D eigenvalue weighted by atomic mass is 10.0. The number of nitrogens with two attached hydrogens (primary N) is 2. The monoisotopic (exact) mass is 779 g/mol. The number of benzene rings is 2. The van der Waals surface area contributed by atoms with E-state index in [1.807, 2.05) is 0 Å². The number of rotatable bonds is 22. The second-order valence-corrected chi connectivity index (χ2v) is 13.1. The van der Waals surface area contributed by atoms with E-state index in [0.29, 0.717) is 16.8 Å². The normalized spacial score (nSPS) is 14.1. The smallest absolute Gasteiger partial charge is 0.327 e. The van der Waals surface area contributed by atoms with Gasteiger partial charge in [-0.2, -0.15) is 12.6 Å². The summed E-state index contributed by atoms with van der Waals surface area (Å²) in [6.45, 7) is 1.63. The summed E-state index contributed by atoms with van der Waals surface area (Å²) >= 11 is 4.02. The Morgan fingerprint density at radius 1 is 0.745 bits per heavy atom. The van der Waals surface area contributed by atoms with E-state index in [1.54, 1.807) is 66.9 Å². The summed E-state index contributed by atoms with van der Waals surface area (Å²) in [5.41, 5.74) is 13.0. The van der Waals surface area contributed by atoms with Crippen LogP contribution in [0.15, 0.2) is 73.2 Å². The lowest BCUT2D eigenvalue weighted by molar-refractivity contribution is -0.141. The van der Waals surface area contributed by atoms with Gasteiger partial charge in [0.2, 0.25) is 29.5 Å². The van der Waals surface area contributed by atoms with Crippen molar-refractivity contribution in [2.24, 2.45) is 11.5 Å². The summed E-state index contributed by atoms with van der Waals surface area (Å²) in [7, 11) is 0. The first-order valence-corrected chi connectivity index (χ1v) is 18.1. The molecule has 5 amide bonds. The summed E-state index contributed by atoms with van der Waals surface area (Å²) in [5.74, 6) is -5.44. The van der Waals surface area contributed by atoms with Crippen LogP contribution in [0.1, 0.15) is 36.6 Å². The lowest BCUT2D eigenvalue weighted by Gasteiger charge is -2.27. The Hall–Kier alpha value is -5.95. The van der Waals surface area contributed by atoms with Crippen molar-refractivity contribution in [1.29, 1.82) is 5.41 Å². The quantitative estimate of drug-likeness (QED) is 0.0241. The zero-order valence-electron chi connectivity index (χ0n) is 30.3. The zero-order chi connectivity index (χ0) is 40.3. The molecule has 2 aromatic carbocycles. The molecule has 0 saturated heterocycles. The minimum atomic E-state index is -1.34. The number of aromatic amines is 1. The summed E-state index contributed by atoms with van der Waals surface area (Å²) in [5, 5.41) is 32.7. The van der Waals surface area contributed by atoms with E-state index in [4.69, 9.17) is 16.9 Å². The average Bonchev–Trinajstić information content (AvgIpc) is 3.67. The van der Waals surface area contributed by atoms with Gasteiger partial charge >= 0.3 is 5.97 Å². The van der Waals surface area contributed by atoms with Crippen molar-refractivity contribution < 1.29 is 33.9 Å². The highest BCUT2D eigenvalue weighted by Crippen LogP contribution is 2.10. The number of hydrogen-bond acceptors (Lipinski definition) is 10. The number of H-pyrrole nitrogens is 1. The number of imidazole rings is 1. The molecule has 18 nitrogen and oxygen atoms in total. The predicted octanol–water partition coefficient (Wildman–Crippen LogP) is -1.51. The zero-order valence-corrected chi connectivity index (χ0v) is 31.2. The minimum Gasteiger partial charge on any atom is -0.480 e. The third-order valence-corrected chi connectivity index (χ3v) is 8.63. The second-order valence-electron chi connectivity index (χ2n) is 12.7. The van der Waals surface area contributed by atoms with Crippen molar-refractivity contribution >= 4 is 54.1 Å². The number of nitrogens with zero attached hydrogens (tertiary/aromatic N) is 1. The Morgan fingerprint density at radius 3 is 1.64 bits per heavy atom. The van der Waals surface area contributed by atoms with Crippen molar-refractivity contribution in [2.45, 2.75) is 75.3 Å². The molecule has 0 spiro atoms. The number of aromatic nitrogens is 2. The Bertz CT molecular complexity index is 1730. The van der Waals surface area contributed by atoms with Crippen LogP contribution < -0.4 is 43.4 Å². The van der Waals surface area contributed by atoms with E-state index in [0.717, 1.165) is 0 Å². The van der Waals surface area contributed by atoms with Gasteiger partial charge in [-0.05, 0) is 30.9 Å². The number of nitrogens with one attached hydrogen (secondary N) is 8. The molecule has 0 radical (unpaired) electrons. The molecule has 296 valence electrons. The molecule has 0 fully saturated rings. The summed E-state index contributed by atoms with van der Waals surface area (Å²) in [6.07, 6.45) is 3.17. The molecular weight excluding hydrogens is 731 g/mol. The molecule has 6 atom stereocenters. The Labute approximate surface area is 323 Å². The van der Waals surface area contributed by atoms with E-state index < -0.39 is 71.8 Å². The Kier molecular flexibility index (Phi) is 17.6. The summed E-state index contributed by atoms with van der Waals surface area (Å²) in [4.78, 5) is 86.5. The van der Waals surface area contributed by atoms with Crippen molar-refractivity contribution in [3.05, 3.63) is 90.0 Å². The minimum absolute atomic E-state index is 0.00412. The molecule has 19 heteroatoms. The summed E-state index contributed by atoms with van der Waals surface area (Å²) in [6, 6.07) is 10.3. The summed E-state index contributed by atoms with van der Waals surface area (Å²) < 4.78 is 0. The Balaban J connectivity index is 1.92. The van der Waals surface area contributed by atoms with Gasteiger partial charge in [0.1, 0.15) is 30.2 Å². The fourth-order valence-electron chi connectivity index (χ4n) is 5.32. The van der Waals surface area contributed by atoms with Crippen LogP contribution in [0.5, 0.6) is 0 Å². The first kappa shape index (κ1) is 43.5. The fraction of sp³-hybridized carbons (Fsp3) is 0.389.